The van der Waals surface area contributed by atoms with Crippen molar-refractivity contribution in [2.75, 3.05) is 5.75 Å². The molecule has 2 heterocycles. The fourth-order valence-corrected chi connectivity index (χ4v) is 4.32. The average molecular weight is 393 g/mol. The number of primary amides is 1. The Balaban J connectivity index is 0.000000451. The molecule has 0 saturated heterocycles. The molecule has 2 aliphatic rings. The Bertz CT molecular complexity index is 666. The summed E-state index contributed by atoms with van der Waals surface area (Å²) in [6, 6.07) is 1.21. The molecule has 1 aromatic rings. The summed E-state index contributed by atoms with van der Waals surface area (Å²) in [4.78, 5) is 25.8. The van der Waals surface area contributed by atoms with Gasteiger partial charge in [-0.1, -0.05) is 57.4 Å². The number of aromatic hydroxyl groups is 1. The van der Waals surface area contributed by atoms with Crippen LogP contribution >= 0.6 is 11.8 Å². The first kappa shape index (κ1) is 21.6. The molecule has 1 aliphatic carbocycles. The van der Waals surface area contributed by atoms with Gasteiger partial charge in [0.2, 0.25) is 0 Å². The predicted molar refractivity (Wildman–Crippen MR) is 112 cm³/mol. The second-order valence-corrected chi connectivity index (χ2v) is 8.32. The maximum atomic E-state index is 11.9. The lowest BCUT2D eigenvalue weighted by Gasteiger charge is -2.18. The number of amides is 1. The molecular weight excluding hydrogens is 360 g/mol. The van der Waals surface area contributed by atoms with Crippen LogP contribution in [0.2, 0.25) is 0 Å². The number of hydrogen-bond donors (Lipinski definition) is 3. The molecule has 6 heteroatoms. The summed E-state index contributed by atoms with van der Waals surface area (Å²) in [5.41, 5.74) is 5.02. The number of nitrogens with two attached hydrogens (primary N) is 1. The molecule has 1 saturated carbocycles. The highest BCUT2D eigenvalue weighted by molar-refractivity contribution is 8.02. The monoisotopic (exact) mass is 392 g/mol. The van der Waals surface area contributed by atoms with Gasteiger partial charge in [-0.25, -0.2) is 0 Å². The largest absolute Gasteiger partial charge is 0.506 e. The Morgan fingerprint density at radius 2 is 1.67 bits per heavy atom. The van der Waals surface area contributed by atoms with Crippen LogP contribution in [0.4, 0.5) is 0 Å². The number of nitrogens with one attached hydrogen (secondary N) is 1. The minimum Gasteiger partial charge on any atom is -0.506 e. The van der Waals surface area contributed by atoms with Crippen LogP contribution in [0.25, 0.3) is 0 Å². The van der Waals surface area contributed by atoms with Crippen molar-refractivity contribution < 1.29 is 9.90 Å². The molecule has 4 N–H and O–H groups in total. The number of aromatic amines is 1. The number of carbonyl (C=O) groups is 1. The van der Waals surface area contributed by atoms with Crippen molar-refractivity contribution in [3.05, 3.63) is 39.2 Å². The number of H-pyrrole nitrogens is 1. The number of aromatic nitrogens is 1. The number of allylic oxidation sites excluding steroid dienone is 1. The first-order chi connectivity index (χ1) is 13.1. The van der Waals surface area contributed by atoms with Gasteiger partial charge in [-0.05, 0) is 30.7 Å². The van der Waals surface area contributed by atoms with Gasteiger partial charge in [-0.3, -0.25) is 9.59 Å². The average Bonchev–Trinajstić information content (AvgIpc) is 3.21. The number of carbonyl (C=O) groups excluding carboxylic acids is 1. The zero-order valence-electron chi connectivity index (χ0n) is 16.0. The molecular formula is C21H32N2O3S. The van der Waals surface area contributed by atoms with Gasteiger partial charge >= 0.3 is 0 Å². The van der Waals surface area contributed by atoms with Gasteiger partial charge in [0.15, 0.2) is 0 Å². The molecule has 0 spiro atoms. The van der Waals surface area contributed by atoms with E-state index in [4.69, 9.17) is 5.73 Å². The van der Waals surface area contributed by atoms with Crippen molar-refractivity contribution in [2.45, 2.75) is 76.5 Å². The van der Waals surface area contributed by atoms with Gasteiger partial charge in [-0.15, -0.1) is 11.8 Å². The van der Waals surface area contributed by atoms with Crippen molar-refractivity contribution in [3.63, 3.8) is 0 Å². The third kappa shape index (κ3) is 7.45. The van der Waals surface area contributed by atoms with Crippen LogP contribution in [0, 0.1) is 0 Å². The minimum absolute atomic E-state index is 0.0201. The first-order valence-electron chi connectivity index (χ1n) is 10.1. The van der Waals surface area contributed by atoms with Gasteiger partial charge in [0.1, 0.15) is 11.3 Å². The van der Waals surface area contributed by atoms with Gasteiger partial charge in [0.25, 0.3) is 11.5 Å². The van der Waals surface area contributed by atoms with E-state index in [-0.39, 0.29) is 17.2 Å². The van der Waals surface area contributed by atoms with E-state index < -0.39 is 11.5 Å². The van der Waals surface area contributed by atoms with Crippen molar-refractivity contribution >= 4 is 17.7 Å². The molecule has 1 aromatic heterocycles. The predicted octanol–water partition coefficient (Wildman–Crippen LogP) is 4.81. The van der Waals surface area contributed by atoms with E-state index in [2.05, 4.69) is 16.5 Å². The molecule has 3 rings (SSSR count). The van der Waals surface area contributed by atoms with E-state index in [9.17, 15) is 14.7 Å². The molecule has 1 amide bonds. The maximum Gasteiger partial charge on any atom is 0.261 e. The molecule has 0 unspecified atom stereocenters. The topological polar surface area (TPSA) is 96.2 Å². The van der Waals surface area contributed by atoms with Crippen LogP contribution in [-0.4, -0.2) is 21.8 Å². The van der Waals surface area contributed by atoms with Crippen LogP contribution in [0.5, 0.6) is 5.75 Å². The van der Waals surface area contributed by atoms with E-state index in [1.165, 1.54) is 56.8 Å². The molecule has 0 bridgehead atoms. The molecule has 0 radical (unpaired) electrons. The highest BCUT2D eigenvalue weighted by atomic mass is 32.2. The van der Waals surface area contributed by atoms with Crippen LogP contribution in [-0.2, 0) is 0 Å². The van der Waals surface area contributed by atoms with Crippen LogP contribution in [0.3, 0.4) is 0 Å². The van der Waals surface area contributed by atoms with Crippen molar-refractivity contribution in [1.82, 2.24) is 4.98 Å². The lowest BCUT2D eigenvalue weighted by Crippen LogP contribution is -2.25. The summed E-state index contributed by atoms with van der Waals surface area (Å²) in [5, 5.41) is 12.3. The third-order valence-electron chi connectivity index (χ3n) is 5.17. The van der Waals surface area contributed by atoms with E-state index in [0.29, 0.717) is 5.69 Å². The molecule has 0 atom stereocenters. The summed E-state index contributed by atoms with van der Waals surface area (Å²) in [6.07, 6.45) is 15.1. The fraction of sp³-hybridized carbons (Fsp3) is 0.619. The Morgan fingerprint density at radius 1 is 1.07 bits per heavy atom. The van der Waals surface area contributed by atoms with E-state index in [1.54, 1.807) is 0 Å². The van der Waals surface area contributed by atoms with Crippen LogP contribution in [0.15, 0.2) is 22.3 Å². The Hall–Kier alpha value is -1.69. The Kier molecular flexibility index (Phi) is 9.53. The molecule has 1 fully saturated rings. The lowest BCUT2D eigenvalue weighted by atomic mass is 9.91. The second-order valence-electron chi connectivity index (χ2n) is 7.31. The summed E-state index contributed by atoms with van der Waals surface area (Å²) in [7, 11) is 0. The fourth-order valence-electron chi connectivity index (χ4n) is 3.64. The normalized spacial score (nSPS) is 19.0. The van der Waals surface area contributed by atoms with Crippen molar-refractivity contribution in [1.29, 1.82) is 0 Å². The molecule has 1 aliphatic heterocycles. The highest BCUT2D eigenvalue weighted by Gasteiger charge is 2.19. The quantitative estimate of drug-likeness (QED) is 0.672. The molecule has 0 aromatic carbocycles. The van der Waals surface area contributed by atoms with Gasteiger partial charge < -0.3 is 15.8 Å². The number of thioether (sulfide) groups is 1. The van der Waals surface area contributed by atoms with Gasteiger partial charge in [0, 0.05) is 11.7 Å². The Labute approximate surface area is 165 Å². The smallest absolute Gasteiger partial charge is 0.261 e. The summed E-state index contributed by atoms with van der Waals surface area (Å²) in [6.45, 7) is 0. The third-order valence-corrected chi connectivity index (χ3v) is 6.03. The van der Waals surface area contributed by atoms with E-state index in [1.807, 2.05) is 11.8 Å². The summed E-state index contributed by atoms with van der Waals surface area (Å²) >= 11 is 1.89. The van der Waals surface area contributed by atoms with Crippen molar-refractivity contribution in [3.8, 4) is 5.75 Å². The number of hydrogen-bond acceptors (Lipinski definition) is 4. The minimum atomic E-state index is -0.814. The summed E-state index contributed by atoms with van der Waals surface area (Å²) in [5.74, 6) is 0.617. The lowest BCUT2D eigenvalue weighted by molar-refractivity contribution is 0.0998. The number of pyridine rings is 1. The zero-order chi connectivity index (χ0) is 19.5. The van der Waals surface area contributed by atoms with Gasteiger partial charge in [0.05, 0.1) is 5.69 Å². The second kappa shape index (κ2) is 11.9. The highest BCUT2D eigenvalue weighted by Crippen LogP contribution is 2.32. The molecule has 5 nitrogen and oxygen atoms in total. The van der Waals surface area contributed by atoms with Crippen LogP contribution in [0.1, 0.15) is 92.6 Å². The SMILES string of the molecule is C1=CSCC1.NC(=O)c1cc(O)c(C2CCCCCCCCCC2)[nH]c1=O. The van der Waals surface area contributed by atoms with Crippen LogP contribution < -0.4 is 11.3 Å². The molecule has 27 heavy (non-hydrogen) atoms. The van der Waals surface area contributed by atoms with Gasteiger partial charge in [-0.2, -0.15) is 0 Å². The maximum absolute atomic E-state index is 11.9. The Morgan fingerprint density at radius 3 is 2.11 bits per heavy atom. The summed E-state index contributed by atoms with van der Waals surface area (Å²) < 4.78 is 0. The zero-order valence-corrected chi connectivity index (χ0v) is 16.9. The number of rotatable bonds is 2. The standard InChI is InChI=1S/C17H26N2O3.C4H6S/c18-16(21)13-11-14(20)15(19-17(13)22)12-9-7-5-3-1-2-4-6-8-10-12;1-2-4-5-3-1/h11-12,20H,1-10H2,(H2,18,21)(H,19,22);1,3H,2,4H2. The first-order valence-corrected chi connectivity index (χ1v) is 11.2. The van der Waals surface area contributed by atoms with E-state index >= 15 is 0 Å². The van der Waals surface area contributed by atoms with E-state index in [0.717, 1.165) is 25.7 Å². The van der Waals surface area contributed by atoms with Crippen molar-refractivity contribution in [2.24, 2.45) is 5.73 Å². The molecule has 150 valence electrons.